The van der Waals surface area contributed by atoms with Crippen LogP contribution < -0.4 is 0 Å². The van der Waals surface area contributed by atoms with E-state index >= 15 is 0 Å². The van der Waals surface area contributed by atoms with Gasteiger partial charge >= 0.3 is 0 Å². The molecule has 0 amide bonds. The van der Waals surface area contributed by atoms with Gasteiger partial charge in [0, 0.05) is 5.56 Å². The Balaban J connectivity index is 2.65. The highest BCUT2D eigenvalue weighted by molar-refractivity contribution is 6.04. The molecule has 5 heteroatoms. The average molecular weight is 200 g/mol. The van der Waals surface area contributed by atoms with Crippen molar-refractivity contribution >= 4 is 5.78 Å². The average Bonchev–Trinajstić information content (AvgIpc) is 2.34. The number of fused-ring (bicyclic) bond motifs is 1. The number of carbonyl (C=O) groups excluding carboxylic acids is 1. The van der Waals surface area contributed by atoms with Gasteiger partial charge in [0.15, 0.2) is 17.4 Å². The topological polar surface area (TPSA) is 57.5 Å². The standard InChI is InChI=1S/C9H6F2O3/c10-5-1-3-4(2-6(5)11)8(13)9(14)7(3)12/h1-2,7,9,12,14H. The smallest absolute Gasteiger partial charge is 0.194 e. The lowest BCUT2D eigenvalue weighted by molar-refractivity contribution is 0.0296. The number of halogens is 2. The van der Waals surface area contributed by atoms with Crippen molar-refractivity contribution in [1.82, 2.24) is 0 Å². The molecule has 0 fully saturated rings. The van der Waals surface area contributed by atoms with Crippen LogP contribution in [0.25, 0.3) is 0 Å². The van der Waals surface area contributed by atoms with Crippen LogP contribution >= 0.6 is 0 Å². The summed E-state index contributed by atoms with van der Waals surface area (Å²) in [4.78, 5) is 11.2. The first-order chi connectivity index (χ1) is 6.52. The number of hydrogen-bond donors (Lipinski definition) is 2. The molecule has 0 radical (unpaired) electrons. The van der Waals surface area contributed by atoms with Crippen LogP contribution in [0.5, 0.6) is 0 Å². The molecule has 2 rings (SSSR count). The predicted octanol–water partition coefficient (Wildman–Crippen LogP) is 0.555. The van der Waals surface area contributed by atoms with Gasteiger partial charge in [-0.25, -0.2) is 8.78 Å². The number of aliphatic hydroxyl groups is 2. The van der Waals surface area contributed by atoms with E-state index in [1.165, 1.54) is 0 Å². The predicted molar refractivity (Wildman–Crippen MR) is 41.7 cm³/mol. The summed E-state index contributed by atoms with van der Waals surface area (Å²) >= 11 is 0. The number of hydrogen-bond acceptors (Lipinski definition) is 3. The quantitative estimate of drug-likeness (QED) is 0.643. The van der Waals surface area contributed by atoms with E-state index in [2.05, 4.69) is 0 Å². The number of carbonyl (C=O) groups is 1. The summed E-state index contributed by atoms with van der Waals surface area (Å²) in [6.07, 6.45) is -3.08. The lowest BCUT2D eigenvalue weighted by atomic mass is 10.1. The molecule has 1 aromatic rings. The molecule has 74 valence electrons. The van der Waals surface area contributed by atoms with Gasteiger partial charge in [-0.15, -0.1) is 0 Å². The third kappa shape index (κ3) is 1.06. The zero-order valence-electron chi connectivity index (χ0n) is 6.87. The van der Waals surface area contributed by atoms with E-state index < -0.39 is 29.6 Å². The van der Waals surface area contributed by atoms with Gasteiger partial charge in [0.1, 0.15) is 12.2 Å². The molecule has 0 saturated heterocycles. The molecule has 1 aliphatic rings. The summed E-state index contributed by atoms with van der Waals surface area (Å²) < 4.78 is 25.4. The second-order valence-electron chi connectivity index (χ2n) is 3.11. The van der Waals surface area contributed by atoms with Gasteiger partial charge in [-0.05, 0) is 17.7 Å². The van der Waals surface area contributed by atoms with Crippen molar-refractivity contribution in [2.45, 2.75) is 12.2 Å². The van der Waals surface area contributed by atoms with E-state index in [-0.39, 0.29) is 11.1 Å². The highest BCUT2D eigenvalue weighted by Crippen LogP contribution is 2.32. The van der Waals surface area contributed by atoms with E-state index in [4.69, 9.17) is 5.11 Å². The summed E-state index contributed by atoms with van der Waals surface area (Å²) in [6.45, 7) is 0. The molecule has 1 aromatic carbocycles. The van der Waals surface area contributed by atoms with Crippen molar-refractivity contribution in [2.75, 3.05) is 0 Å². The van der Waals surface area contributed by atoms with Crippen LogP contribution in [0.4, 0.5) is 8.78 Å². The van der Waals surface area contributed by atoms with Crippen molar-refractivity contribution in [3.63, 3.8) is 0 Å². The molecular formula is C9H6F2O3. The zero-order chi connectivity index (χ0) is 10.5. The van der Waals surface area contributed by atoms with Gasteiger partial charge in [0.05, 0.1) is 0 Å². The summed E-state index contributed by atoms with van der Waals surface area (Å²) in [5, 5.41) is 18.4. The van der Waals surface area contributed by atoms with Crippen LogP contribution in [0.3, 0.4) is 0 Å². The molecule has 0 spiro atoms. The Morgan fingerprint density at radius 1 is 1.07 bits per heavy atom. The molecule has 0 bridgehead atoms. The third-order valence-electron chi connectivity index (χ3n) is 2.24. The van der Waals surface area contributed by atoms with Crippen LogP contribution in [0.2, 0.25) is 0 Å². The first kappa shape index (κ1) is 9.23. The van der Waals surface area contributed by atoms with E-state index in [0.717, 1.165) is 6.07 Å². The largest absolute Gasteiger partial charge is 0.385 e. The fraction of sp³-hybridized carbons (Fsp3) is 0.222. The molecule has 14 heavy (non-hydrogen) atoms. The monoisotopic (exact) mass is 200 g/mol. The Bertz CT molecular complexity index is 417. The molecule has 2 unspecified atom stereocenters. The second-order valence-corrected chi connectivity index (χ2v) is 3.11. The molecule has 0 saturated carbocycles. The Labute approximate surface area is 77.6 Å². The third-order valence-corrected chi connectivity index (χ3v) is 2.24. The van der Waals surface area contributed by atoms with Gasteiger partial charge in [-0.1, -0.05) is 0 Å². The van der Waals surface area contributed by atoms with Crippen LogP contribution in [0.15, 0.2) is 12.1 Å². The van der Waals surface area contributed by atoms with Crippen LogP contribution in [0.1, 0.15) is 22.0 Å². The number of rotatable bonds is 0. The van der Waals surface area contributed by atoms with E-state index in [1.54, 1.807) is 0 Å². The van der Waals surface area contributed by atoms with E-state index in [1.807, 2.05) is 0 Å². The number of ketones is 1. The molecular weight excluding hydrogens is 194 g/mol. The Kier molecular flexibility index (Phi) is 1.87. The summed E-state index contributed by atoms with van der Waals surface area (Å²) in [5.41, 5.74) is -0.231. The number of aliphatic hydroxyl groups excluding tert-OH is 2. The van der Waals surface area contributed by atoms with Crippen LogP contribution in [-0.4, -0.2) is 22.1 Å². The minimum atomic E-state index is -1.62. The van der Waals surface area contributed by atoms with Crippen LogP contribution in [0, 0.1) is 11.6 Å². The summed E-state index contributed by atoms with van der Waals surface area (Å²) in [7, 11) is 0. The molecule has 1 aliphatic carbocycles. The lowest BCUT2D eigenvalue weighted by Crippen LogP contribution is -2.18. The molecule has 3 nitrogen and oxygen atoms in total. The SMILES string of the molecule is O=C1c2cc(F)c(F)cc2C(O)C1O. The van der Waals surface area contributed by atoms with E-state index in [9.17, 15) is 18.7 Å². The van der Waals surface area contributed by atoms with E-state index in [0.29, 0.717) is 6.07 Å². The maximum absolute atomic E-state index is 12.7. The lowest BCUT2D eigenvalue weighted by Gasteiger charge is -2.05. The van der Waals surface area contributed by atoms with Crippen molar-refractivity contribution in [1.29, 1.82) is 0 Å². The van der Waals surface area contributed by atoms with Gasteiger partial charge < -0.3 is 10.2 Å². The fourth-order valence-electron chi connectivity index (χ4n) is 1.49. The Hall–Kier alpha value is -1.33. The molecule has 0 aromatic heterocycles. The molecule has 2 atom stereocenters. The first-order valence-corrected chi connectivity index (χ1v) is 3.91. The van der Waals surface area contributed by atoms with Crippen LogP contribution in [-0.2, 0) is 0 Å². The van der Waals surface area contributed by atoms with Crippen molar-refractivity contribution < 1.29 is 23.8 Å². The minimum absolute atomic E-state index is 0.0681. The first-order valence-electron chi connectivity index (χ1n) is 3.91. The minimum Gasteiger partial charge on any atom is -0.385 e. The summed E-state index contributed by atoms with van der Waals surface area (Å²) in [6, 6.07) is 1.41. The second kappa shape index (κ2) is 2.83. The normalized spacial score (nSPS) is 25.3. The van der Waals surface area contributed by atoms with Gasteiger partial charge in [0.2, 0.25) is 0 Å². The maximum atomic E-state index is 12.7. The Morgan fingerprint density at radius 2 is 1.64 bits per heavy atom. The maximum Gasteiger partial charge on any atom is 0.194 e. The van der Waals surface area contributed by atoms with Gasteiger partial charge in [-0.2, -0.15) is 0 Å². The van der Waals surface area contributed by atoms with Gasteiger partial charge in [-0.3, -0.25) is 4.79 Å². The molecule has 0 heterocycles. The van der Waals surface area contributed by atoms with Crippen molar-refractivity contribution in [3.05, 3.63) is 34.9 Å². The Morgan fingerprint density at radius 3 is 2.29 bits per heavy atom. The summed E-state index contributed by atoms with van der Waals surface area (Å²) in [5.74, 6) is -3.10. The molecule has 0 aliphatic heterocycles. The van der Waals surface area contributed by atoms with Crippen molar-refractivity contribution in [2.24, 2.45) is 0 Å². The fourth-order valence-corrected chi connectivity index (χ4v) is 1.49. The highest BCUT2D eigenvalue weighted by Gasteiger charge is 2.38. The van der Waals surface area contributed by atoms with Gasteiger partial charge in [0.25, 0.3) is 0 Å². The van der Waals surface area contributed by atoms with Crippen molar-refractivity contribution in [3.8, 4) is 0 Å². The molecule has 2 N–H and O–H groups in total. The zero-order valence-corrected chi connectivity index (χ0v) is 6.87. The highest BCUT2D eigenvalue weighted by atomic mass is 19.2. The number of benzene rings is 1. The number of Topliss-reactive ketones (excluding diaryl/α,β-unsaturated/α-hetero) is 1.